The molecule has 4 rings (SSSR count). The first-order valence-electron chi connectivity index (χ1n) is 9.81. The Morgan fingerprint density at radius 3 is 2.64 bits per heavy atom. The molecule has 0 spiro atoms. The highest BCUT2D eigenvalue weighted by Gasteiger charge is 2.32. The third-order valence-corrected chi connectivity index (χ3v) is 5.77. The summed E-state index contributed by atoms with van der Waals surface area (Å²) in [7, 11) is 2.12. The van der Waals surface area contributed by atoms with E-state index in [1.165, 1.54) is 0 Å². The van der Waals surface area contributed by atoms with Crippen molar-refractivity contribution in [2.24, 2.45) is 5.41 Å². The van der Waals surface area contributed by atoms with E-state index in [-0.39, 0.29) is 17.1 Å². The van der Waals surface area contributed by atoms with Crippen molar-refractivity contribution in [2.75, 3.05) is 33.3 Å². The molecule has 5 nitrogen and oxygen atoms in total. The van der Waals surface area contributed by atoms with Crippen LogP contribution < -0.4 is 10.1 Å². The molecular formula is C23H26N2O3. The SMILES string of the molecule is CN1CCC(C)(CNC(=O)c2ccc(-c3ccc4c(c3)OCCC4=O)cc2)C1. The minimum absolute atomic E-state index is 0.0401. The van der Waals surface area contributed by atoms with E-state index in [1.54, 1.807) is 0 Å². The van der Waals surface area contributed by atoms with Gasteiger partial charge in [-0.15, -0.1) is 0 Å². The van der Waals surface area contributed by atoms with Crippen LogP contribution in [-0.2, 0) is 0 Å². The van der Waals surface area contributed by atoms with E-state index in [4.69, 9.17) is 4.74 Å². The Balaban J connectivity index is 1.44. The number of hydrogen-bond acceptors (Lipinski definition) is 4. The third kappa shape index (κ3) is 3.80. The van der Waals surface area contributed by atoms with E-state index in [1.807, 2.05) is 42.5 Å². The second-order valence-electron chi connectivity index (χ2n) is 8.29. The highest BCUT2D eigenvalue weighted by Crippen LogP contribution is 2.31. The Labute approximate surface area is 165 Å². The molecule has 2 aromatic carbocycles. The normalized spacial score (nSPS) is 21.9. The maximum atomic E-state index is 12.5. The Hall–Kier alpha value is -2.66. The molecule has 5 heteroatoms. The summed E-state index contributed by atoms with van der Waals surface area (Å²) in [4.78, 5) is 26.7. The summed E-state index contributed by atoms with van der Waals surface area (Å²) in [6.07, 6.45) is 1.54. The minimum atomic E-state index is -0.0401. The lowest BCUT2D eigenvalue weighted by molar-refractivity contribution is 0.0926. The molecule has 1 N–H and O–H groups in total. The summed E-state index contributed by atoms with van der Waals surface area (Å²) < 4.78 is 5.63. The highest BCUT2D eigenvalue weighted by atomic mass is 16.5. The van der Waals surface area contributed by atoms with E-state index < -0.39 is 0 Å². The summed E-state index contributed by atoms with van der Waals surface area (Å²) in [5.41, 5.74) is 3.41. The molecule has 0 bridgehead atoms. The molecule has 0 saturated carbocycles. The molecule has 1 atom stereocenters. The monoisotopic (exact) mass is 378 g/mol. The predicted octanol–water partition coefficient (Wildman–Crippen LogP) is 3.39. The number of rotatable bonds is 4. The number of hydrogen-bond donors (Lipinski definition) is 1. The van der Waals surface area contributed by atoms with Crippen LogP contribution in [0.3, 0.4) is 0 Å². The average molecular weight is 378 g/mol. The van der Waals surface area contributed by atoms with Gasteiger partial charge in [0.1, 0.15) is 5.75 Å². The van der Waals surface area contributed by atoms with Crippen molar-refractivity contribution < 1.29 is 14.3 Å². The van der Waals surface area contributed by atoms with Gasteiger partial charge in [-0.2, -0.15) is 0 Å². The first-order valence-corrected chi connectivity index (χ1v) is 9.81. The second kappa shape index (κ2) is 7.40. The summed E-state index contributed by atoms with van der Waals surface area (Å²) in [6.45, 7) is 5.44. The Bertz CT molecular complexity index is 907. The Morgan fingerprint density at radius 2 is 1.93 bits per heavy atom. The van der Waals surface area contributed by atoms with Crippen molar-refractivity contribution in [3.63, 3.8) is 0 Å². The molecule has 1 unspecified atom stereocenters. The topological polar surface area (TPSA) is 58.6 Å². The number of amides is 1. The number of fused-ring (bicyclic) bond motifs is 1. The van der Waals surface area contributed by atoms with Gasteiger partial charge in [0.05, 0.1) is 12.2 Å². The number of carbonyl (C=O) groups excluding carboxylic acids is 2. The molecule has 1 fully saturated rings. The van der Waals surface area contributed by atoms with Crippen molar-refractivity contribution >= 4 is 11.7 Å². The van der Waals surface area contributed by atoms with Crippen LogP contribution in [0.4, 0.5) is 0 Å². The van der Waals surface area contributed by atoms with E-state index in [2.05, 4.69) is 24.2 Å². The van der Waals surface area contributed by atoms with Gasteiger partial charge in [0.25, 0.3) is 5.91 Å². The number of likely N-dealkylation sites (tertiary alicyclic amines) is 1. The van der Waals surface area contributed by atoms with Gasteiger partial charge in [0.15, 0.2) is 5.78 Å². The minimum Gasteiger partial charge on any atom is -0.492 e. The number of ether oxygens (including phenoxy) is 1. The van der Waals surface area contributed by atoms with Gasteiger partial charge < -0.3 is 15.0 Å². The van der Waals surface area contributed by atoms with Gasteiger partial charge >= 0.3 is 0 Å². The van der Waals surface area contributed by atoms with Gasteiger partial charge in [-0.05, 0) is 60.8 Å². The first kappa shape index (κ1) is 18.7. The van der Waals surface area contributed by atoms with Crippen LogP contribution in [0.15, 0.2) is 42.5 Å². The van der Waals surface area contributed by atoms with E-state index in [0.717, 1.165) is 30.6 Å². The fourth-order valence-corrected chi connectivity index (χ4v) is 4.06. The van der Waals surface area contributed by atoms with Gasteiger partial charge in [-0.25, -0.2) is 0 Å². The van der Waals surface area contributed by atoms with Crippen LogP contribution in [0.1, 0.15) is 40.5 Å². The number of nitrogens with zero attached hydrogens (tertiary/aromatic N) is 1. The number of carbonyl (C=O) groups is 2. The van der Waals surface area contributed by atoms with Crippen molar-refractivity contribution in [3.05, 3.63) is 53.6 Å². The Kier molecular flexibility index (Phi) is 4.94. The lowest BCUT2D eigenvalue weighted by atomic mass is 9.90. The smallest absolute Gasteiger partial charge is 0.251 e. The summed E-state index contributed by atoms with van der Waals surface area (Å²) in [5, 5.41) is 3.08. The largest absolute Gasteiger partial charge is 0.492 e. The van der Waals surface area contributed by atoms with E-state index in [9.17, 15) is 9.59 Å². The molecule has 2 aliphatic heterocycles. The van der Waals surface area contributed by atoms with Crippen LogP contribution in [0.2, 0.25) is 0 Å². The maximum Gasteiger partial charge on any atom is 0.251 e. The molecule has 2 heterocycles. The highest BCUT2D eigenvalue weighted by molar-refractivity contribution is 6.00. The first-order chi connectivity index (χ1) is 13.4. The molecule has 0 radical (unpaired) electrons. The number of benzene rings is 2. The van der Waals surface area contributed by atoms with Crippen molar-refractivity contribution in [1.29, 1.82) is 0 Å². The van der Waals surface area contributed by atoms with Gasteiger partial charge in [0, 0.05) is 25.1 Å². The predicted molar refractivity (Wildman–Crippen MR) is 109 cm³/mol. The van der Waals surface area contributed by atoms with E-state index >= 15 is 0 Å². The molecule has 0 aliphatic carbocycles. The zero-order chi connectivity index (χ0) is 19.7. The van der Waals surface area contributed by atoms with Crippen molar-refractivity contribution in [2.45, 2.75) is 19.8 Å². The van der Waals surface area contributed by atoms with Crippen LogP contribution in [0, 0.1) is 5.41 Å². The third-order valence-electron chi connectivity index (χ3n) is 5.77. The number of ketones is 1. The van der Waals surface area contributed by atoms with Crippen LogP contribution in [0.25, 0.3) is 11.1 Å². The molecule has 146 valence electrons. The molecule has 2 aliphatic rings. The lowest BCUT2D eigenvalue weighted by Gasteiger charge is -2.24. The zero-order valence-corrected chi connectivity index (χ0v) is 16.5. The van der Waals surface area contributed by atoms with Crippen LogP contribution in [0.5, 0.6) is 5.75 Å². The zero-order valence-electron chi connectivity index (χ0n) is 16.5. The summed E-state index contributed by atoms with van der Waals surface area (Å²) in [5.74, 6) is 0.731. The number of nitrogens with one attached hydrogen (secondary N) is 1. The molecule has 1 saturated heterocycles. The fraction of sp³-hybridized carbons (Fsp3) is 0.391. The molecule has 1 amide bonds. The fourth-order valence-electron chi connectivity index (χ4n) is 4.06. The molecular weight excluding hydrogens is 352 g/mol. The quantitative estimate of drug-likeness (QED) is 0.886. The second-order valence-corrected chi connectivity index (χ2v) is 8.29. The summed E-state index contributed by atoms with van der Waals surface area (Å²) in [6, 6.07) is 13.2. The number of Topliss-reactive ketones (excluding diaryl/α,β-unsaturated/α-hetero) is 1. The lowest BCUT2D eigenvalue weighted by Crippen LogP contribution is -2.37. The Morgan fingerprint density at radius 1 is 1.18 bits per heavy atom. The molecule has 28 heavy (non-hydrogen) atoms. The van der Waals surface area contributed by atoms with Crippen molar-refractivity contribution in [3.8, 4) is 16.9 Å². The van der Waals surface area contributed by atoms with Gasteiger partial charge in [-0.3, -0.25) is 9.59 Å². The molecule has 2 aromatic rings. The van der Waals surface area contributed by atoms with Crippen LogP contribution in [-0.4, -0.2) is 49.9 Å². The summed E-state index contributed by atoms with van der Waals surface area (Å²) >= 11 is 0. The van der Waals surface area contributed by atoms with Gasteiger partial charge in [-0.1, -0.05) is 25.1 Å². The van der Waals surface area contributed by atoms with Gasteiger partial charge in [0.2, 0.25) is 0 Å². The van der Waals surface area contributed by atoms with E-state index in [0.29, 0.717) is 36.4 Å². The molecule has 0 aromatic heterocycles. The van der Waals surface area contributed by atoms with Crippen LogP contribution >= 0.6 is 0 Å². The standard InChI is InChI=1S/C23H26N2O3/c1-23(10-11-25(2)15-23)14-24-22(27)17-5-3-16(4-6-17)18-7-8-19-20(26)9-12-28-21(19)13-18/h3-8,13H,9-12,14-15H2,1-2H3,(H,24,27). The van der Waals surface area contributed by atoms with Crippen molar-refractivity contribution in [1.82, 2.24) is 10.2 Å². The average Bonchev–Trinajstić information content (AvgIpc) is 3.05. The maximum absolute atomic E-state index is 12.5.